The first kappa shape index (κ1) is 14.9. The number of nitrogens with one attached hydrogen (secondary N) is 1. The molecule has 110 valence electrons. The van der Waals surface area contributed by atoms with Gasteiger partial charge in [-0.05, 0) is 12.5 Å². The van der Waals surface area contributed by atoms with Gasteiger partial charge in [0.1, 0.15) is 0 Å². The van der Waals surface area contributed by atoms with Gasteiger partial charge >= 0.3 is 15.9 Å². The van der Waals surface area contributed by atoms with Gasteiger partial charge in [-0.2, -0.15) is 8.42 Å². The van der Waals surface area contributed by atoms with Gasteiger partial charge in [0.2, 0.25) is 0 Å². The quantitative estimate of drug-likeness (QED) is 0.735. The van der Waals surface area contributed by atoms with Crippen molar-refractivity contribution in [3.63, 3.8) is 0 Å². The molecule has 0 bridgehead atoms. The van der Waals surface area contributed by atoms with Gasteiger partial charge < -0.3 is 4.98 Å². The summed E-state index contributed by atoms with van der Waals surface area (Å²) < 4.78 is 22.5. The molecule has 0 fully saturated rings. The first-order chi connectivity index (χ1) is 9.71. The van der Waals surface area contributed by atoms with E-state index >= 15 is 0 Å². The Balaban J connectivity index is 2.69. The highest BCUT2D eigenvalue weighted by Gasteiger charge is 2.17. The predicted octanol–water partition coefficient (Wildman–Crippen LogP) is -0.542. The number of nitrogens with zero attached hydrogens (tertiary/aromatic N) is 1. The van der Waals surface area contributed by atoms with Crippen LogP contribution in [0.1, 0.15) is 17.3 Å². The van der Waals surface area contributed by atoms with Gasteiger partial charge in [0.15, 0.2) is 5.78 Å². The summed E-state index contributed by atoms with van der Waals surface area (Å²) in [6.45, 7) is 1.39. The van der Waals surface area contributed by atoms with Crippen molar-refractivity contribution >= 4 is 16.0 Å². The molecule has 0 saturated carbocycles. The van der Waals surface area contributed by atoms with Gasteiger partial charge in [0.25, 0.3) is 5.56 Å². The van der Waals surface area contributed by atoms with E-state index in [9.17, 15) is 22.8 Å². The van der Waals surface area contributed by atoms with Crippen LogP contribution in [-0.4, -0.2) is 23.2 Å². The first-order valence-corrected chi connectivity index (χ1v) is 7.21. The van der Waals surface area contributed by atoms with Gasteiger partial charge in [-0.15, -0.1) is 3.97 Å². The maximum absolute atomic E-state index is 12.1. The molecular weight excluding hydrogens is 298 g/mol. The molecule has 8 nitrogen and oxygen atoms in total. The zero-order valence-corrected chi connectivity index (χ0v) is 11.7. The summed E-state index contributed by atoms with van der Waals surface area (Å²) in [5.41, 5.74) is -1.48. The largest absolute Gasteiger partial charge is 0.343 e. The van der Waals surface area contributed by atoms with E-state index in [1.807, 2.05) is 0 Å². The Hall–Kier alpha value is -2.52. The minimum atomic E-state index is -4.51. The molecule has 1 aromatic heterocycles. The number of carbonyl (C=O) groups is 1. The van der Waals surface area contributed by atoms with Crippen LogP contribution in [-0.2, 0) is 10.2 Å². The maximum Gasteiger partial charge on any atom is 0.343 e. The van der Waals surface area contributed by atoms with Crippen LogP contribution < -0.4 is 16.4 Å². The number of carbonyl (C=O) groups excluding carboxylic acids is 1. The van der Waals surface area contributed by atoms with E-state index in [2.05, 4.69) is 4.98 Å². The highest BCUT2D eigenvalue weighted by molar-refractivity contribution is 7.87. The molecule has 1 heterocycles. The van der Waals surface area contributed by atoms with Crippen molar-refractivity contribution in [2.45, 2.75) is 6.92 Å². The highest BCUT2D eigenvalue weighted by Crippen LogP contribution is 2.15. The summed E-state index contributed by atoms with van der Waals surface area (Å²) >= 11 is 0. The van der Waals surface area contributed by atoms with E-state index in [0.717, 1.165) is 6.20 Å². The van der Waals surface area contributed by atoms with Crippen LogP contribution in [0.3, 0.4) is 0 Å². The Labute approximate surface area is 119 Å². The third kappa shape index (κ3) is 2.83. The lowest BCUT2D eigenvalue weighted by Gasteiger charge is -2.05. The number of hydrogen-bond acceptors (Lipinski definition) is 5. The van der Waals surface area contributed by atoms with Gasteiger partial charge in [-0.3, -0.25) is 9.59 Å². The predicted molar refractivity (Wildman–Crippen MR) is 75.3 cm³/mol. The van der Waals surface area contributed by atoms with Crippen LogP contribution in [0.5, 0.6) is 0 Å². The Morgan fingerprint density at radius 2 is 1.76 bits per heavy atom. The second-order valence-electron chi connectivity index (χ2n) is 4.26. The average molecular weight is 309 g/mol. The van der Waals surface area contributed by atoms with Gasteiger partial charge in [0.05, 0.1) is 5.56 Å². The molecule has 0 saturated heterocycles. The van der Waals surface area contributed by atoms with E-state index in [1.54, 1.807) is 0 Å². The SMILES string of the molecule is CC(=O)c1ccc(-c2c[nH]c(=O)n(S(N)(=O)=O)c2=O)cc1. The lowest BCUT2D eigenvalue weighted by molar-refractivity contribution is 0.101. The number of H-pyrrole nitrogens is 1. The van der Waals surface area contributed by atoms with Gasteiger partial charge in [0, 0.05) is 11.8 Å². The topological polar surface area (TPSA) is 132 Å². The Bertz CT molecular complexity index is 923. The second kappa shape index (κ2) is 5.11. The number of ketones is 1. The highest BCUT2D eigenvalue weighted by atomic mass is 32.2. The smallest absolute Gasteiger partial charge is 0.312 e. The Morgan fingerprint density at radius 3 is 2.24 bits per heavy atom. The van der Waals surface area contributed by atoms with Crippen LogP contribution >= 0.6 is 0 Å². The van der Waals surface area contributed by atoms with E-state index in [1.165, 1.54) is 31.2 Å². The molecule has 3 N–H and O–H groups in total. The molecule has 0 unspecified atom stereocenters. The molecule has 0 atom stereocenters. The molecule has 0 amide bonds. The lowest BCUT2D eigenvalue weighted by Crippen LogP contribution is -2.43. The van der Waals surface area contributed by atoms with Crippen LogP contribution in [0.2, 0.25) is 0 Å². The molecule has 2 aromatic rings. The fourth-order valence-corrected chi connectivity index (χ4v) is 2.39. The summed E-state index contributed by atoms with van der Waals surface area (Å²) in [5, 5.41) is 4.84. The van der Waals surface area contributed by atoms with Crippen molar-refractivity contribution in [2.75, 3.05) is 0 Å². The number of Topliss-reactive ketones (excluding diaryl/α,β-unsaturated/α-hetero) is 1. The average Bonchev–Trinajstić information content (AvgIpc) is 2.37. The molecule has 0 aliphatic heterocycles. The summed E-state index contributed by atoms with van der Waals surface area (Å²) in [4.78, 5) is 36.8. The minimum Gasteiger partial charge on any atom is -0.312 e. The van der Waals surface area contributed by atoms with Crippen LogP contribution in [0.15, 0.2) is 40.1 Å². The molecule has 0 spiro atoms. The Kier molecular flexibility index (Phi) is 3.62. The van der Waals surface area contributed by atoms with E-state index < -0.39 is 21.5 Å². The van der Waals surface area contributed by atoms with E-state index in [4.69, 9.17) is 5.14 Å². The monoisotopic (exact) mass is 309 g/mol. The number of nitrogens with two attached hydrogens (primary N) is 1. The third-order valence-corrected chi connectivity index (χ3v) is 3.64. The third-order valence-electron chi connectivity index (χ3n) is 2.80. The fourth-order valence-electron chi connectivity index (χ4n) is 1.78. The summed E-state index contributed by atoms with van der Waals surface area (Å²) in [6.07, 6.45) is 1.09. The second-order valence-corrected chi connectivity index (χ2v) is 5.65. The van der Waals surface area contributed by atoms with Crippen molar-refractivity contribution in [3.05, 3.63) is 56.9 Å². The molecule has 2 rings (SSSR count). The molecule has 0 aliphatic carbocycles. The van der Waals surface area contributed by atoms with Crippen molar-refractivity contribution in [3.8, 4) is 11.1 Å². The van der Waals surface area contributed by atoms with Gasteiger partial charge in [-0.25, -0.2) is 9.93 Å². The molecule has 9 heteroatoms. The zero-order chi connectivity index (χ0) is 15.8. The van der Waals surface area contributed by atoms with Crippen LogP contribution in [0.25, 0.3) is 11.1 Å². The summed E-state index contributed by atoms with van der Waals surface area (Å²) in [7, 11) is -4.51. The number of aromatic nitrogens is 2. The minimum absolute atomic E-state index is 0.0543. The number of aromatic amines is 1. The number of hydrogen-bond donors (Lipinski definition) is 2. The van der Waals surface area contributed by atoms with E-state index in [-0.39, 0.29) is 15.3 Å². The summed E-state index contributed by atoms with van der Waals surface area (Å²) in [5.74, 6) is -0.148. The lowest BCUT2D eigenvalue weighted by atomic mass is 10.1. The maximum atomic E-state index is 12.1. The molecule has 1 aromatic carbocycles. The number of rotatable bonds is 3. The fraction of sp³-hybridized carbons (Fsp3) is 0.0833. The zero-order valence-electron chi connectivity index (χ0n) is 10.9. The van der Waals surface area contributed by atoms with Crippen LogP contribution in [0, 0.1) is 0 Å². The first-order valence-electron chi connectivity index (χ1n) is 5.71. The number of benzene rings is 1. The van der Waals surface area contributed by atoms with E-state index in [0.29, 0.717) is 11.1 Å². The van der Waals surface area contributed by atoms with Crippen molar-refractivity contribution in [2.24, 2.45) is 5.14 Å². The van der Waals surface area contributed by atoms with Crippen LogP contribution in [0.4, 0.5) is 0 Å². The molecule has 0 aliphatic rings. The summed E-state index contributed by atoms with van der Waals surface area (Å²) in [6, 6.07) is 5.92. The molecule has 0 radical (unpaired) electrons. The van der Waals surface area contributed by atoms with Crippen molar-refractivity contribution in [1.82, 2.24) is 8.96 Å². The normalized spacial score (nSPS) is 11.3. The van der Waals surface area contributed by atoms with Gasteiger partial charge in [-0.1, -0.05) is 24.3 Å². The van der Waals surface area contributed by atoms with Crippen molar-refractivity contribution in [1.29, 1.82) is 0 Å². The standard InChI is InChI=1S/C12H11N3O5S/c1-7(16)8-2-4-9(5-3-8)10-6-14-12(18)15(11(10)17)21(13,19)20/h2-6H,1H3,(H,14,18)(H2,13,19,20). The van der Waals surface area contributed by atoms with Crippen molar-refractivity contribution < 1.29 is 13.2 Å². The molecule has 21 heavy (non-hydrogen) atoms. The Morgan fingerprint density at radius 1 is 1.19 bits per heavy atom. The molecular formula is C12H11N3O5S.